The number of nitrogens with two attached hydrogens (primary N) is 1. The second-order valence-electron chi connectivity index (χ2n) is 5.63. The lowest BCUT2D eigenvalue weighted by Gasteiger charge is -2.16. The topological polar surface area (TPSA) is 64.3 Å². The highest BCUT2D eigenvalue weighted by molar-refractivity contribution is 5.79. The first-order valence-electron chi connectivity index (χ1n) is 7.71. The van der Waals surface area contributed by atoms with Crippen molar-refractivity contribution in [3.63, 3.8) is 0 Å². The smallest absolute Gasteiger partial charge is 0.256 e. The van der Waals surface area contributed by atoms with Crippen molar-refractivity contribution >= 4 is 16.7 Å². The zero-order valence-electron chi connectivity index (χ0n) is 14.2. The fourth-order valence-electron chi connectivity index (χ4n) is 2.06. The lowest BCUT2D eigenvalue weighted by Crippen LogP contribution is -2.16. The largest absolute Gasteiger partial charge is 0.420 e. The molecule has 0 radical (unpaired) electrons. The molecule has 2 N–H and O–H groups in total. The SMILES string of the molecule is C=C(Oc1nc2ccc(N)cc2nc1C#Cc1ccccc1)N(C)C. The Hall–Kier alpha value is -3.52. The lowest BCUT2D eigenvalue weighted by atomic mass is 10.2. The molecule has 25 heavy (non-hydrogen) atoms. The predicted octanol–water partition coefficient (Wildman–Crippen LogP) is 3.02. The highest BCUT2D eigenvalue weighted by Gasteiger charge is 2.11. The first-order chi connectivity index (χ1) is 12.0. The Kier molecular flexibility index (Phi) is 4.53. The molecule has 5 nitrogen and oxygen atoms in total. The van der Waals surface area contributed by atoms with Gasteiger partial charge in [0.2, 0.25) is 0 Å². The van der Waals surface area contributed by atoms with Crippen LogP contribution in [0, 0.1) is 11.8 Å². The predicted molar refractivity (Wildman–Crippen MR) is 99.8 cm³/mol. The van der Waals surface area contributed by atoms with Gasteiger partial charge in [-0.1, -0.05) is 24.1 Å². The van der Waals surface area contributed by atoms with Crippen LogP contribution in [0.4, 0.5) is 5.69 Å². The van der Waals surface area contributed by atoms with E-state index in [9.17, 15) is 0 Å². The molecule has 124 valence electrons. The van der Waals surface area contributed by atoms with Crippen LogP contribution in [0.25, 0.3) is 11.0 Å². The maximum atomic E-state index is 5.84. The number of hydrogen-bond donors (Lipinski definition) is 1. The zero-order chi connectivity index (χ0) is 17.8. The van der Waals surface area contributed by atoms with E-state index < -0.39 is 0 Å². The molecule has 2 aromatic carbocycles. The van der Waals surface area contributed by atoms with Crippen LogP contribution in [-0.4, -0.2) is 29.0 Å². The summed E-state index contributed by atoms with van der Waals surface area (Å²) in [5.74, 6) is 6.88. The Labute approximate surface area is 146 Å². The minimum atomic E-state index is 0.319. The maximum Gasteiger partial charge on any atom is 0.256 e. The maximum absolute atomic E-state index is 5.84. The molecule has 0 aliphatic carbocycles. The minimum Gasteiger partial charge on any atom is -0.420 e. The lowest BCUT2D eigenvalue weighted by molar-refractivity contribution is 0.275. The summed E-state index contributed by atoms with van der Waals surface area (Å²) < 4.78 is 5.76. The van der Waals surface area contributed by atoms with E-state index in [1.165, 1.54) is 0 Å². The molecule has 1 heterocycles. The van der Waals surface area contributed by atoms with Crippen molar-refractivity contribution < 1.29 is 4.74 Å². The molecule has 0 bridgehead atoms. The highest BCUT2D eigenvalue weighted by Crippen LogP contribution is 2.22. The van der Waals surface area contributed by atoms with Gasteiger partial charge in [0.1, 0.15) is 0 Å². The second kappa shape index (κ2) is 6.93. The summed E-state index contributed by atoms with van der Waals surface area (Å²) >= 11 is 0. The Morgan fingerprint density at radius 1 is 1.04 bits per heavy atom. The Bertz CT molecular complexity index is 985. The van der Waals surface area contributed by atoms with Crippen LogP contribution in [0.1, 0.15) is 11.3 Å². The van der Waals surface area contributed by atoms with Gasteiger partial charge in [0.15, 0.2) is 11.6 Å². The average molecular weight is 330 g/mol. The summed E-state index contributed by atoms with van der Waals surface area (Å²) in [7, 11) is 3.68. The van der Waals surface area contributed by atoms with Gasteiger partial charge in [0, 0.05) is 25.3 Å². The van der Waals surface area contributed by atoms with Crippen LogP contribution in [0.2, 0.25) is 0 Å². The van der Waals surface area contributed by atoms with E-state index in [1.54, 1.807) is 23.1 Å². The normalized spacial score (nSPS) is 10.0. The number of benzene rings is 2. The molecule has 1 aromatic heterocycles. The molecule has 3 aromatic rings. The third-order valence-electron chi connectivity index (χ3n) is 3.47. The Balaban J connectivity index is 2.09. The molecule has 0 unspecified atom stereocenters. The van der Waals surface area contributed by atoms with Crippen molar-refractivity contribution in [1.82, 2.24) is 14.9 Å². The summed E-state index contributed by atoms with van der Waals surface area (Å²) in [4.78, 5) is 10.8. The third kappa shape index (κ3) is 3.88. The molecule has 5 heteroatoms. The van der Waals surface area contributed by atoms with Gasteiger partial charge < -0.3 is 15.4 Å². The van der Waals surface area contributed by atoms with Crippen molar-refractivity contribution in [1.29, 1.82) is 0 Å². The molecule has 0 aliphatic rings. The molecule has 0 amide bonds. The molecule has 0 saturated carbocycles. The van der Waals surface area contributed by atoms with Gasteiger partial charge in [-0.25, -0.2) is 9.97 Å². The average Bonchev–Trinajstić information content (AvgIpc) is 2.60. The summed E-state index contributed by atoms with van der Waals surface area (Å²) in [6.07, 6.45) is 0. The van der Waals surface area contributed by atoms with Crippen LogP contribution in [-0.2, 0) is 0 Å². The number of nitrogen functional groups attached to an aromatic ring is 1. The van der Waals surface area contributed by atoms with Gasteiger partial charge in [-0.2, -0.15) is 0 Å². The molecule has 0 fully saturated rings. The van der Waals surface area contributed by atoms with Gasteiger partial charge in [-0.3, -0.25) is 0 Å². The van der Waals surface area contributed by atoms with E-state index in [2.05, 4.69) is 28.4 Å². The van der Waals surface area contributed by atoms with Crippen molar-refractivity contribution in [3.05, 3.63) is 72.3 Å². The van der Waals surface area contributed by atoms with E-state index in [0.29, 0.717) is 34.2 Å². The number of nitrogens with zero attached hydrogens (tertiary/aromatic N) is 3. The van der Waals surface area contributed by atoms with E-state index >= 15 is 0 Å². The van der Waals surface area contributed by atoms with Gasteiger partial charge in [0.25, 0.3) is 5.88 Å². The summed E-state index contributed by atoms with van der Waals surface area (Å²) in [5, 5.41) is 0. The number of ether oxygens (including phenoxy) is 1. The molecule has 3 rings (SSSR count). The molecule has 0 atom stereocenters. The molecule has 0 aliphatic heterocycles. The van der Waals surface area contributed by atoms with Crippen molar-refractivity contribution in [2.75, 3.05) is 19.8 Å². The standard InChI is InChI=1S/C20H18N4O/c1-14(24(2)3)25-20-18(11-9-15-7-5-4-6-8-15)22-19-13-16(21)10-12-17(19)23-20/h4-8,10,12-13H,1,21H2,2-3H3. The monoisotopic (exact) mass is 330 g/mol. The van der Waals surface area contributed by atoms with Crippen LogP contribution in [0.5, 0.6) is 5.88 Å². The first kappa shape index (κ1) is 16.3. The quantitative estimate of drug-likeness (QED) is 0.454. The highest BCUT2D eigenvalue weighted by atomic mass is 16.5. The molecular weight excluding hydrogens is 312 g/mol. The van der Waals surface area contributed by atoms with E-state index in [1.807, 2.05) is 44.4 Å². The van der Waals surface area contributed by atoms with E-state index in [0.717, 1.165) is 5.56 Å². The van der Waals surface area contributed by atoms with Gasteiger partial charge in [0.05, 0.1) is 11.0 Å². The van der Waals surface area contributed by atoms with Crippen molar-refractivity contribution in [2.24, 2.45) is 0 Å². The minimum absolute atomic E-state index is 0.319. The van der Waals surface area contributed by atoms with Gasteiger partial charge >= 0.3 is 0 Å². The van der Waals surface area contributed by atoms with Gasteiger partial charge in [-0.15, -0.1) is 0 Å². The second-order valence-corrected chi connectivity index (χ2v) is 5.63. The number of hydrogen-bond acceptors (Lipinski definition) is 5. The number of aromatic nitrogens is 2. The van der Waals surface area contributed by atoms with Crippen LogP contribution < -0.4 is 10.5 Å². The summed E-state index contributed by atoms with van der Waals surface area (Å²) in [6, 6.07) is 15.0. The van der Waals surface area contributed by atoms with E-state index in [4.69, 9.17) is 10.5 Å². The Morgan fingerprint density at radius 3 is 2.52 bits per heavy atom. The number of fused-ring (bicyclic) bond motifs is 1. The third-order valence-corrected chi connectivity index (χ3v) is 3.47. The van der Waals surface area contributed by atoms with Crippen LogP contribution in [0.15, 0.2) is 61.0 Å². The first-order valence-corrected chi connectivity index (χ1v) is 7.71. The summed E-state index contributed by atoms with van der Waals surface area (Å²) in [5.41, 5.74) is 9.13. The number of rotatable bonds is 3. The molecular formula is C20H18N4O. The van der Waals surface area contributed by atoms with Crippen LogP contribution >= 0.6 is 0 Å². The zero-order valence-corrected chi connectivity index (χ0v) is 14.2. The molecule has 0 saturated heterocycles. The van der Waals surface area contributed by atoms with Crippen LogP contribution in [0.3, 0.4) is 0 Å². The van der Waals surface area contributed by atoms with Crippen molar-refractivity contribution in [2.45, 2.75) is 0 Å². The molecule has 0 spiro atoms. The fraction of sp³-hybridized carbons (Fsp3) is 0.100. The Morgan fingerprint density at radius 2 is 1.80 bits per heavy atom. The number of anilines is 1. The summed E-state index contributed by atoms with van der Waals surface area (Å²) in [6.45, 7) is 3.87. The van der Waals surface area contributed by atoms with Crippen molar-refractivity contribution in [3.8, 4) is 17.7 Å². The van der Waals surface area contributed by atoms with Gasteiger partial charge in [-0.05, 0) is 42.8 Å². The fourth-order valence-corrected chi connectivity index (χ4v) is 2.06. The van der Waals surface area contributed by atoms with E-state index in [-0.39, 0.29) is 0 Å².